The van der Waals surface area contributed by atoms with Gasteiger partial charge in [0.15, 0.2) is 0 Å². The molecule has 2 aromatic rings. The average Bonchev–Trinajstić information content (AvgIpc) is 2.67. The van der Waals surface area contributed by atoms with Crippen LogP contribution in [0.4, 0.5) is 17.3 Å². The third kappa shape index (κ3) is 4.38. The van der Waals surface area contributed by atoms with Gasteiger partial charge in [0.2, 0.25) is 5.91 Å². The number of hydrogen-bond acceptors (Lipinski definition) is 5. The molecule has 1 saturated heterocycles. The van der Waals surface area contributed by atoms with Crippen molar-refractivity contribution in [2.75, 3.05) is 36.4 Å². The Kier molecular flexibility index (Phi) is 5.94. The molecule has 1 aromatic carbocycles. The minimum atomic E-state index is 0.138. The van der Waals surface area contributed by atoms with Gasteiger partial charge in [0.05, 0.1) is 0 Å². The number of nitrogens with one attached hydrogen (secondary N) is 1. The summed E-state index contributed by atoms with van der Waals surface area (Å²) in [6, 6.07) is 8.46. The summed E-state index contributed by atoms with van der Waals surface area (Å²) < 4.78 is 0. The van der Waals surface area contributed by atoms with E-state index in [2.05, 4.69) is 52.2 Å². The first-order valence-electron chi connectivity index (χ1n) is 9.75. The van der Waals surface area contributed by atoms with Gasteiger partial charge in [-0.15, -0.1) is 0 Å². The van der Waals surface area contributed by atoms with Gasteiger partial charge in [-0.2, -0.15) is 0 Å². The third-order valence-electron chi connectivity index (χ3n) is 5.13. The fraction of sp³-hybridized carbons (Fsp3) is 0.476. The second kappa shape index (κ2) is 8.37. The van der Waals surface area contributed by atoms with Crippen LogP contribution < -0.4 is 10.2 Å². The number of benzene rings is 1. The smallest absolute Gasteiger partial charge is 0.219 e. The molecule has 1 amide bonds. The molecule has 0 bridgehead atoms. The lowest BCUT2D eigenvalue weighted by Gasteiger charge is -2.35. The summed E-state index contributed by atoms with van der Waals surface area (Å²) in [6.07, 6.45) is 1.94. The number of nitrogens with zero attached hydrogens (tertiary/aromatic N) is 4. The SMILES string of the molecule is CCc1cccc(CC)c1Nc1cc(N2CCN(C(C)=O)CC2)nc(C)n1. The Morgan fingerprint density at radius 3 is 2.26 bits per heavy atom. The van der Waals surface area contributed by atoms with Gasteiger partial charge in [-0.25, -0.2) is 9.97 Å². The highest BCUT2D eigenvalue weighted by Gasteiger charge is 2.20. The normalized spacial score (nSPS) is 14.4. The molecule has 0 radical (unpaired) electrons. The molecule has 1 aromatic heterocycles. The fourth-order valence-electron chi connectivity index (χ4n) is 3.56. The summed E-state index contributed by atoms with van der Waals surface area (Å²) in [4.78, 5) is 24.9. The molecule has 1 aliphatic rings. The van der Waals surface area contributed by atoms with Crippen LogP contribution >= 0.6 is 0 Å². The van der Waals surface area contributed by atoms with Crippen molar-refractivity contribution in [3.63, 3.8) is 0 Å². The molecule has 6 heteroatoms. The summed E-state index contributed by atoms with van der Waals surface area (Å²) in [6.45, 7) is 11.0. The highest BCUT2D eigenvalue weighted by molar-refractivity contribution is 5.73. The molecule has 27 heavy (non-hydrogen) atoms. The van der Waals surface area contributed by atoms with Crippen LogP contribution in [-0.2, 0) is 17.6 Å². The molecule has 0 unspecified atom stereocenters. The van der Waals surface area contributed by atoms with Crippen molar-refractivity contribution in [1.29, 1.82) is 0 Å². The number of para-hydroxylation sites is 1. The number of carbonyl (C=O) groups excluding carboxylic acids is 1. The van der Waals surface area contributed by atoms with Crippen LogP contribution in [0.1, 0.15) is 37.7 Å². The molecule has 1 aliphatic heterocycles. The molecule has 144 valence electrons. The Morgan fingerprint density at radius 2 is 1.70 bits per heavy atom. The van der Waals surface area contributed by atoms with Gasteiger partial charge in [-0.3, -0.25) is 4.79 Å². The number of aromatic nitrogens is 2. The van der Waals surface area contributed by atoms with Crippen molar-refractivity contribution in [1.82, 2.24) is 14.9 Å². The maximum absolute atomic E-state index is 11.5. The van der Waals surface area contributed by atoms with Gasteiger partial charge in [-0.1, -0.05) is 32.0 Å². The minimum Gasteiger partial charge on any atom is -0.353 e. The van der Waals surface area contributed by atoms with E-state index in [1.807, 2.05) is 17.9 Å². The predicted octanol–water partition coefficient (Wildman–Crippen LogP) is 3.32. The zero-order valence-corrected chi connectivity index (χ0v) is 16.7. The van der Waals surface area contributed by atoms with Crippen LogP contribution in [0.5, 0.6) is 0 Å². The van der Waals surface area contributed by atoms with Crippen LogP contribution in [-0.4, -0.2) is 47.0 Å². The molecule has 1 fully saturated rings. The molecule has 0 spiro atoms. The lowest BCUT2D eigenvalue weighted by molar-refractivity contribution is -0.129. The molecular formula is C21H29N5O. The van der Waals surface area contributed by atoms with Crippen LogP contribution in [0.3, 0.4) is 0 Å². The van der Waals surface area contributed by atoms with Gasteiger partial charge in [0, 0.05) is 44.9 Å². The van der Waals surface area contributed by atoms with Crippen LogP contribution in [0, 0.1) is 6.92 Å². The standard InChI is InChI=1S/C21H29N5O/c1-5-17-8-7-9-18(6-2)21(17)24-19-14-20(23-15(3)22-19)26-12-10-25(11-13-26)16(4)27/h7-9,14H,5-6,10-13H2,1-4H3,(H,22,23,24). The van der Waals surface area contributed by atoms with Crippen molar-refractivity contribution < 1.29 is 4.79 Å². The van der Waals surface area contributed by atoms with Gasteiger partial charge >= 0.3 is 0 Å². The van der Waals surface area contributed by atoms with Crippen molar-refractivity contribution in [2.24, 2.45) is 0 Å². The molecule has 6 nitrogen and oxygen atoms in total. The van der Waals surface area contributed by atoms with Crippen molar-refractivity contribution in [3.05, 3.63) is 41.2 Å². The van der Waals surface area contributed by atoms with Crippen LogP contribution in [0.2, 0.25) is 0 Å². The Balaban J connectivity index is 1.84. The third-order valence-corrected chi connectivity index (χ3v) is 5.13. The summed E-state index contributed by atoms with van der Waals surface area (Å²) >= 11 is 0. The topological polar surface area (TPSA) is 61.4 Å². The van der Waals surface area contributed by atoms with E-state index in [1.54, 1.807) is 6.92 Å². The number of anilines is 3. The Morgan fingerprint density at radius 1 is 1.07 bits per heavy atom. The molecule has 0 aliphatic carbocycles. The predicted molar refractivity (Wildman–Crippen MR) is 110 cm³/mol. The van der Waals surface area contributed by atoms with Crippen LogP contribution in [0.15, 0.2) is 24.3 Å². The van der Waals surface area contributed by atoms with Crippen molar-refractivity contribution >= 4 is 23.2 Å². The van der Waals surface area contributed by atoms with Gasteiger partial charge in [-0.05, 0) is 30.9 Å². The van der Waals surface area contributed by atoms with Crippen molar-refractivity contribution in [2.45, 2.75) is 40.5 Å². The molecule has 1 N–H and O–H groups in total. The Bertz CT molecular complexity index is 790. The maximum atomic E-state index is 11.5. The Labute approximate surface area is 161 Å². The molecular weight excluding hydrogens is 338 g/mol. The fourth-order valence-corrected chi connectivity index (χ4v) is 3.56. The monoisotopic (exact) mass is 367 g/mol. The highest BCUT2D eigenvalue weighted by atomic mass is 16.2. The molecule has 0 saturated carbocycles. The van der Waals surface area contributed by atoms with E-state index in [-0.39, 0.29) is 5.91 Å². The van der Waals surface area contributed by atoms with Crippen LogP contribution in [0.25, 0.3) is 0 Å². The van der Waals surface area contributed by atoms with E-state index < -0.39 is 0 Å². The zero-order chi connectivity index (χ0) is 19.4. The van der Waals surface area contributed by atoms with E-state index in [4.69, 9.17) is 0 Å². The number of aryl methyl sites for hydroxylation is 3. The Hall–Kier alpha value is -2.63. The maximum Gasteiger partial charge on any atom is 0.219 e. The lowest BCUT2D eigenvalue weighted by atomic mass is 10.0. The number of rotatable bonds is 5. The first-order valence-corrected chi connectivity index (χ1v) is 9.75. The van der Waals surface area contributed by atoms with E-state index in [1.165, 1.54) is 11.1 Å². The number of hydrogen-bond donors (Lipinski definition) is 1. The largest absolute Gasteiger partial charge is 0.353 e. The van der Waals surface area contributed by atoms with Gasteiger partial charge < -0.3 is 15.1 Å². The number of amides is 1. The van der Waals surface area contributed by atoms with E-state index >= 15 is 0 Å². The van der Waals surface area contributed by atoms with Gasteiger partial charge in [0.25, 0.3) is 0 Å². The second-order valence-electron chi connectivity index (χ2n) is 6.94. The quantitative estimate of drug-likeness (QED) is 0.878. The summed E-state index contributed by atoms with van der Waals surface area (Å²) in [5, 5.41) is 3.55. The first-order chi connectivity index (χ1) is 13.0. The summed E-state index contributed by atoms with van der Waals surface area (Å²) in [5.74, 6) is 2.62. The number of piperazine rings is 1. The number of carbonyl (C=O) groups is 1. The molecule has 2 heterocycles. The van der Waals surface area contributed by atoms with E-state index in [0.29, 0.717) is 0 Å². The average molecular weight is 367 g/mol. The lowest BCUT2D eigenvalue weighted by Crippen LogP contribution is -2.48. The highest BCUT2D eigenvalue weighted by Crippen LogP contribution is 2.27. The molecule has 0 atom stereocenters. The molecule has 3 rings (SSSR count). The zero-order valence-electron chi connectivity index (χ0n) is 16.7. The van der Waals surface area contributed by atoms with Gasteiger partial charge in [0.1, 0.15) is 17.5 Å². The minimum absolute atomic E-state index is 0.138. The van der Waals surface area contributed by atoms with Crippen molar-refractivity contribution in [3.8, 4) is 0 Å². The second-order valence-corrected chi connectivity index (χ2v) is 6.94. The van der Waals surface area contributed by atoms with E-state index in [9.17, 15) is 4.79 Å². The van der Waals surface area contributed by atoms with E-state index in [0.717, 1.165) is 62.2 Å². The first kappa shape index (κ1) is 19.1. The summed E-state index contributed by atoms with van der Waals surface area (Å²) in [5.41, 5.74) is 3.75. The summed E-state index contributed by atoms with van der Waals surface area (Å²) in [7, 11) is 0.